The third kappa shape index (κ3) is 2.63. The van der Waals surface area contributed by atoms with E-state index in [0.717, 1.165) is 6.42 Å². The first-order chi connectivity index (χ1) is 5.45. The topological polar surface area (TPSA) is 37.3 Å². The second-order valence-corrected chi connectivity index (χ2v) is 4.61. The van der Waals surface area contributed by atoms with Crippen molar-refractivity contribution >= 4 is 19.5 Å². The van der Waals surface area contributed by atoms with E-state index < -0.39 is 5.97 Å². The summed E-state index contributed by atoms with van der Waals surface area (Å²) in [4.78, 5) is 10.8. The van der Waals surface area contributed by atoms with E-state index in [1.54, 1.807) is 0 Å². The maximum Gasteiger partial charge on any atom is 0.306 e. The molecule has 2 atom stereocenters. The number of hydrogen-bond acceptors (Lipinski definition) is 1. The highest BCUT2D eigenvalue weighted by molar-refractivity contribution is 7.59. The molecular weight excluding hydrogens is 184 g/mol. The van der Waals surface area contributed by atoms with Gasteiger partial charge in [-0.3, -0.25) is 4.79 Å². The molecule has 0 aliphatic heterocycles. The Labute approximate surface area is 87.2 Å². The van der Waals surface area contributed by atoms with E-state index >= 15 is 0 Å². The van der Waals surface area contributed by atoms with Crippen molar-refractivity contribution in [3.8, 4) is 0 Å². The van der Waals surface area contributed by atoms with Crippen molar-refractivity contribution in [3.05, 3.63) is 0 Å². The van der Waals surface area contributed by atoms with Crippen LogP contribution in [-0.2, 0) is 4.79 Å². The average molecular weight is 204 g/mol. The maximum atomic E-state index is 10.8. The van der Waals surface area contributed by atoms with Gasteiger partial charge in [-0.15, -0.1) is 0 Å². The lowest BCUT2D eigenvalue weighted by Crippen LogP contribution is -2.28. The van der Waals surface area contributed by atoms with E-state index in [-0.39, 0.29) is 24.8 Å². The maximum absolute atomic E-state index is 10.8. The fourth-order valence-electron chi connectivity index (χ4n) is 2.45. The lowest BCUT2D eigenvalue weighted by atomic mass is 9.75. The van der Waals surface area contributed by atoms with Gasteiger partial charge in [-0.1, -0.05) is 27.2 Å². The minimum atomic E-state index is -0.644. The van der Waals surface area contributed by atoms with Crippen LogP contribution in [-0.4, -0.2) is 11.1 Å². The predicted octanol–water partition coefficient (Wildman–Crippen LogP) is 2.65. The Morgan fingerprint density at radius 3 is 2.38 bits per heavy atom. The van der Waals surface area contributed by atoms with Crippen molar-refractivity contribution in [1.29, 1.82) is 0 Å². The van der Waals surface area contributed by atoms with Crippen molar-refractivity contribution in [2.45, 2.75) is 40.0 Å². The van der Waals surface area contributed by atoms with E-state index in [2.05, 4.69) is 13.8 Å². The molecule has 0 amide bonds. The molecule has 1 unspecified atom stereocenters. The molecule has 2 nitrogen and oxygen atoms in total. The van der Waals surface area contributed by atoms with E-state index in [4.69, 9.17) is 5.11 Å². The first-order valence-corrected chi connectivity index (χ1v) is 4.68. The summed E-state index contributed by atoms with van der Waals surface area (Å²) in [5, 5.41) is 8.87. The van der Waals surface area contributed by atoms with Gasteiger partial charge < -0.3 is 5.11 Å². The minimum Gasteiger partial charge on any atom is -0.481 e. The molecule has 3 heteroatoms. The van der Waals surface area contributed by atoms with Crippen LogP contribution in [0.1, 0.15) is 40.0 Å². The highest BCUT2D eigenvalue weighted by Gasteiger charge is 2.40. The summed E-state index contributed by atoms with van der Waals surface area (Å²) in [6.07, 6.45) is 3.45. The van der Waals surface area contributed by atoms with Crippen LogP contribution in [0.15, 0.2) is 0 Å². The molecule has 1 aliphatic rings. The SMILES string of the molecule is C[C@H](C(=O)O)C1CCCC1(C)C.S. The summed E-state index contributed by atoms with van der Waals surface area (Å²) >= 11 is 0. The third-order valence-electron chi connectivity index (χ3n) is 3.33. The highest BCUT2D eigenvalue weighted by atomic mass is 32.1. The first kappa shape index (κ1) is 12.8. The van der Waals surface area contributed by atoms with E-state index in [1.165, 1.54) is 12.8 Å². The zero-order chi connectivity index (χ0) is 9.35. The lowest BCUT2D eigenvalue weighted by Gasteiger charge is -2.29. The number of aliphatic carboxylic acids is 1. The Kier molecular flexibility index (Phi) is 4.30. The molecule has 0 bridgehead atoms. The molecule has 13 heavy (non-hydrogen) atoms. The number of hydrogen-bond donors (Lipinski definition) is 1. The van der Waals surface area contributed by atoms with Gasteiger partial charge in [0.15, 0.2) is 0 Å². The van der Waals surface area contributed by atoms with Crippen molar-refractivity contribution in [2.75, 3.05) is 0 Å². The summed E-state index contributed by atoms with van der Waals surface area (Å²) in [6, 6.07) is 0. The predicted molar refractivity (Wildman–Crippen MR) is 58.3 cm³/mol. The fourth-order valence-corrected chi connectivity index (χ4v) is 2.45. The van der Waals surface area contributed by atoms with Crippen LogP contribution in [0.5, 0.6) is 0 Å². The minimum absolute atomic E-state index is 0. The Bertz CT molecular complexity index is 189. The molecule has 0 heterocycles. The summed E-state index contributed by atoms with van der Waals surface area (Å²) in [7, 11) is 0. The van der Waals surface area contributed by atoms with Crippen LogP contribution >= 0.6 is 13.5 Å². The molecular formula is C10H20O2S. The molecule has 0 radical (unpaired) electrons. The second-order valence-electron chi connectivity index (χ2n) is 4.61. The number of carbonyl (C=O) groups is 1. The molecule has 0 aromatic rings. The van der Waals surface area contributed by atoms with Gasteiger partial charge in [0.25, 0.3) is 0 Å². The van der Waals surface area contributed by atoms with Gasteiger partial charge in [-0.2, -0.15) is 13.5 Å². The molecule has 1 rings (SSSR count). The summed E-state index contributed by atoms with van der Waals surface area (Å²) in [6.45, 7) is 6.20. The Hall–Kier alpha value is -0.180. The molecule has 1 aliphatic carbocycles. The lowest BCUT2D eigenvalue weighted by molar-refractivity contribution is -0.144. The van der Waals surface area contributed by atoms with Gasteiger partial charge in [0, 0.05) is 0 Å². The van der Waals surface area contributed by atoms with E-state index in [9.17, 15) is 4.79 Å². The van der Waals surface area contributed by atoms with Gasteiger partial charge in [-0.05, 0) is 24.2 Å². The summed E-state index contributed by atoms with van der Waals surface area (Å²) < 4.78 is 0. The first-order valence-electron chi connectivity index (χ1n) is 4.68. The van der Waals surface area contributed by atoms with Gasteiger partial charge >= 0.3 is 5.97 Å². The van der Waals surface area contributed by atoms with Gasteiger partial charge in [0.1, 0.15) is 0 Å². The smallest absolute Gasteiger partial charge is 0.306 e. The molecule has 0 spiro atoms. The van der Waals surface area contributed by atoms with Crippen LogP contribution in [0.3, 0.4) is 0 Å². The van der Waals surface area contributed by atoms with Crippen LogP contribution in [0.2, 0.25) is 0 Å². The summed E-state index contributed by atoms with van der Waals surface area (Å²) in [5.41, 5.74) is 0.234. The highest BCUT2D eigenvalue weighted by Crippen LogP contribution is 2.46. The third-order valence-corrected chi connectivity index (χ3v) is 3.33. The second kappa shape index (κ2) is 4.36. The van der Waals surface area contributed by atoms with Crippen molar-refractivity contribution < 1.29 is 9.90 Å². The summed E-state index contributed by atoms with van der Waals surface area (Å²) in [5.74, 6) is -0.451. The zero-order valence-corrected chi connectivity index (χ0v) is 9.63. The Morgan fingerprint density at radius 1 is 1.54 bits per heavy atom. The normalized spacial score (nSPS) is 27.8. The molecule has 0 aromatic carbocycles. The standard InChI is InChI=1S/C10H18O2.H2S/c1-7(9(11)12)8-5-4-6-10(8,2)3;/h7-8H,4-6H2,1-3H3,(H,11,12);1H2/t7-,8?;/m0./s1. The quantitative estimate of drug-likeness (QED) is 0.751. The van der Waals surface area contributed by atoms with E-state index in [0.29, 0.717) is 5.92 Å². The number of carboxylic acid groups (broad SMARTS) is 1. The fraction of sp³-hybridized carbons (Fsp3) is 0.900. The Balaban J connectivity index is 0.00000144. The molecule has 1 saturated carbocycles. The van der Waals surface area contributed by atoms with Gasteiger partial charge in [-0.25, -0.2) is 0 Å². The molecule has 1 fully saturated rings. The van der Waals surface area contributed by atoms with Crippen molar-refractivity contribution in [2.24, 2.45) is 17.3 Å². The zero-order valence-electron chi connectivity index (χ0n) is 8.63. The van der Waals surface area contributed by atoms with Gasteiger partial charge in [0.05, 0.1) is 5.92 Å². The van der Waals surface area contributed by atoms with Crippen molar-refractivity contribution in [3.63, 3.8) is 0 Å². The molecule has 0 saturated heterocycles. The number of carboxylic acids is 1. The Morgan fingerprint density at radius 2 is 2.08 bits per heavy atom. The van der Waals surface area contributed by atoms with Gasteiger partial charge in [0.2, 0.25) is 0 Å². The van der Waals surface area contributed by atoms with Crippen LogP contribution in [0, 0.1) is 17.3 Å². The van der Waals surface area contributed by atoms with E-state index in [1.807, 2.05) is 6.92 Å². The van der Waals surface area contributed by atoms with Crippen molar-refractivity contribution in [1.82, 2.24) is 0 Å². The van der Waals surface area contributed by atoms with Crippen LogP contribution < -0.4 is 0 Å². The average Bonchev–Trinajstić information content (AvgIpc) is 2.27. The van der Waals surface area contributed by atoms with Crippen LogP contribution in [0.25, 0.3) is 0 Å². The molecule has 1 N–H and O–H groups in total. The largest absolute Gasteiger partial charge is 0.481 e. The number of rotatable bonds is 2. The molecule has 0 aromatic heterocycles. The molecule has 78 valence electrons. The monoisotopic (exact) mass is 204 g/mol. The van der Waals surface area contributed by atoms with Crippen LogP contribution in [0.4, 0.5) is 0 Å².